The molecule has 0 spiro atoms. The predicted octanol–water partition coefficient (Wildman–Crippen LogP) is 2.07. The number of hydrogen-bond acceptors (Lipinski definition) is 10. The van der Waals surface area contributed by atoms with Crippen LogP contribution in [-0.4, -0.2) is 88.2 Å². The standard InChI is InChI=1S/C28H30O10/c29-27(19-6-4-17(5-7-19)9-31-11-21-13-33-21)37-23-15-35-26-24(16-36-25(23)26)38-28(30)20-3-1-2-18(8-20)10-32-12-22-14-34-22/h1-8,21-26H,9-16H2. The highest BCUT2D eigenvalue weighted by Crippen LogP contribution is 2.31. The Kier molecular flexibility index (Phi) is 7.68. The van der Waals surface area contributed by atoms with Gasteiger partial charge in [-0.05, 0) is 35.4 Å². The van der Waals surface area contributed by atoms with Crippen LogP contribution in [0.3, 0.4) is 0 Å². The van der Waals surface area contributed by atoms with Gasteiger partial charge in [-0.2, -0.15) is 0 Å². The van der Waals surface area contributed by atoms with Crippen LogP contribution in [0.15, 0.2) is 48.5 Å². The number of carbonyl (C=O) groups excluding carboxylic acids is 2. The molecule has 0 bridgehead atoms. The number of benzene rings is 2. The minimum Gasteiger partial charge on any atom is -0.453 e. The molecule has 6 rings (SSSR count). The highest BCUT2D eigenvalue weighted by molar-refractivity contribution is 5.90. The van der Waals surface area contributed by atoms with E-state index in [1.54, 1.807) is 30.3 Å². The van der Waals surface area contributed by atoms with Gasteiger partial charge in [0.1, 0.15) is 24.4 Å². The lowest BCUT2D eigenvalue weighted by Gasteiger charge is -2.17. The molecule has 10 nitrogen and oxygen atoms in total. The molecule has 0 amide bonds. The minimum atomic E-state index is -0.594. The summed E-state index contributed by atoms with van der Waals surface area (Å²) >= 11 is 0. The molecule has 6 atom stereocenters. The molecule has 0 saturated carbocycles. The number of carbonyl (C=O) groups is 2. The van der Waals surface area contributed by atoms with Crippen LogP contribution in [0.25, 0.3) is 0 Å². The van der Waals surface area contributed by atoms with E-state index in [4.69, 9.17) is 37.9 Å². The van der Waals surface area contributed by atoms with Gasteiger partial charge in [0.15, 0.2) is 12.2 Å². The van der Waals surface area contributed by atoms with Gasteiger partial charge in [0, 0.05) is 0 Å². The van der Waals surface area contributed by atoms with E-state index in [2.05, 4.69) is 0 Å². The molecule has 0 aromatic heterocycles. The first kappa shape index (κ1) is 25.4. The first-order valence-electron chi connectivity index (χ1n) is 12.8. The fourth-order valence-electron chi connectivity index (χ4n) is 4.51. The number of hydrogen-bond donors (Lipinski definition) is 0. The summed E-state index contributed by atoms with van der Waals surface area (Å²) in [5.74, 6) is -0.932. The number of rotatable bonds is 12. The van der Waals surface area contributed by atoms with Crippen LogP contribution < -0.4 is 0 Å². The third-order valence-electron chi connectivity index (χ3n) is 6.78. The molecule has 4 aliphatic heterocycles. The Bertz CT molecular complexity index is 1130. The lowest BCUT2D eigenvalue weighted by Crippen LogP contribution is -2.36. The number of ether oxygens (including phenoxy) is 8. The van der Waals surface area contributed by atoms with Gasteiger partial charge in [-0.25, -0.2) is 9.59 Å². The van der Waals surface area contributed by atoms with Gasteiger partial charge in [0.05, 0.1) is 64.0 Å². The highest BCUT2D eigenvalue weighted by atomic mass is 16.7. The van der Waals surface area contributed by atoms with Crippen molar-refractivity contribution in [3.05, 3.63) is 70.8 Å². The van der Waals surface area contributed by atoms with Crippen LogP contribution in [0, 0.1) is 0 Å². The van der Waals surface area contributed by atoms with Crippen molar-refractivity contribution >= 4 is 11.9 Å². The second-order valence-corrected chi connectivity index (χ2v) is 9.82. The van der Waals surface area contributed by atoms with Gasteiger partial charge in [-0.15, -0.1) is 0 Å². The van der Waals surface area contributed by atoms with Gasteiger partial charge < -0.3 is 37.9 Å². The largest absolute Gasteiger partial charge is 0.453 e. The smallest absolute Gasteiger partial charge is 0.338 e. The maximum atomic E-state index is 12.8. The molecular weight excluding hydrogens is 496 g/mol. The summed E-state index contributed by atoms with van der Waals surface area (Å²) < 4.78 is 44.5. The third-order valence-corrected chi connectivity index (χ3v) is 6.78. The van der Waals surface area contributed by atoms with Crippen LogP contribution in [0.4, 0.5) is 0 Å². The zero-order valence-electron chi connectivity index (χ0n) is 20.8. The molecule has 2 aromatic rings. The van der Waals surface area contributed by atoms with E-state index in [1.165, 1.54) is 0 Å². The fourth-order valence-corrected chi connectivity index (χ4v) is 4.51. The summed E-state index contributed by atoms with van der Waals surface area (Å²) in [4.78, 5) is 25.5. The van der Waals surface area contributed by atoms with Crippen LogP contribution in [0.1, 0.15) is 31.8 Å². The highest BCUT2D eigenvalue weighted by Gasteiger charge is 2.51. The number of epoxide rings is 2. The Balaban J connectivity index is 0.977. The Morgan fingerprint density at radius 3 is 1.79 bits per heavy atom. The van der Waals surface area contributed by atoms with Gasteiger partial charge in [-0.3, -0.25) is 0 Å². The van der Waals surface area contributed by atoms with Gasteiger partial charge in [-0.1, -0.05) is 24.3 Å². The normalized spacial score (nSPS) is 29.1. The van der Waals surface area contributed by atoms with E-state index < -0.39 is 36.4 Å². The quantitative estimate of drug-likeness (QED) is 0.301. The maximum absolute atomic E-state index is 12.8. The first-order valence-corrected chi connectivity index (χ1v) is 12.8. The van der Waals surface area contributed by atoms with E-state index in [-0.39, 0.29) is 25.4 Å². The van der Waals surface area contributed by atoms with Crippen molar-refractivity contribution in [2.75, 3.05) is 39.6 Å². The van der Waals surface area contributed by atoms with Crippen molar-refractivity contribution in [2.24, 2.45) is 0 Å². The van der Waals surface area contributed by atoms with E-state index in [9.17, 15) is 9.59 Å². The van der Waals surface area contributed by atoms with Crippen molar-refractivity contribution in [3.8, 4) is 0 Å². The van der Waals surface area contributed by atoms with E-state index in [0.717, 1.165) is 24.3 Å². The second kappa shape index (κ2) is 11.5. The molecule has 6 unspecified atom stereocenters. The summed E-state index contributed by atoms with van der Waals surface area (Å²) in [5.41, 5.74) is 2.68. The number of esters is 2. The summed E-state index contributed by atoms with van der Waals surface area (Å²) in [6, 6.07) is 14.2. The number of fused-ring (bicyclic) bond motifs is 1. The molecule has 202 valence electrons. The summed E-state index contributed by atoms with van der Waals surface area (Å²) in [6.07, 6.45) is -1.79. The van der Waals surface area contributed by atoms with Crippen molar-refractivity contribution in [3.63, 3.8) is 0 Å². The van der Waals surface area contributed by atoms with Crippen LogP contribution in [0.2, 0.25) is 0 Å². The van der Waals surface area contributed by atoms with E-state index >= 15 is 0 Å². The Hall–Kier alpha value is -2.86. The zero-order chi connectivity index (χ0) is 25.9. The molecule has 4 fully saturated rings. The van der Waals surface area contributed by atoms with Gasteiger partial charge in [0.2, 0.25) is 0 Å². The SMILES string of the molecule is O=C(OC1COC2C(OC(=O)c3cccc(COCC4CO4)c3)COC12)c1ccc(COCC2CO2)cc1. The average molecular weight is 527 g/mol. The molecule has 0 radical (unpaired) electrons. The lowest BCUT2D eigenvalue weighted by atomic mass is 10.1. The summed E-state index contributed by atoms with van der Waals surface area (Å²) in [5, 5.41) is 0. The molecule has 0 aliphatic carbocycles. The van der Waals surface area contributed by atoms with Crippen LogP contribution >= 0.6 is 0 Å². The van der Waals surface area contributed by atoms with Crippen molar-refractivity contribution in [1.29, 1.82) is 0 Å². The monoisotopic (exact) mass is 526 g/mol. The molecule has 4 saturated heterocycles. The van der Waals surface area contributed by atoms with E-state index in [1.807, 2.05) is 18.2 Å². The first-order chi connectivity index (χ1) is 18.6. The van der Waals surface area contributed by atoms with Gasteiger partial charge >= 0.3 is 11.9 Å². The molecule has 10 heteroatoms. The van der Waals surface area contributed by atoms with Crippen LogP contribution in [-0.2, 0) is 51.1 Å². The van der Waals surface area contributed by atoms with Crippen LogP contribution in [0.5, 0.6) is 0 Å². The Morgan fingerprint density at radius 1 is 0.658 bits per heavy atom. The van der Waals surface area contributed by atoms with Crippen molar-refractivity contribution in [1.82, 2.24) is 0 Å². The Morgan fingerprint density at radius 2 is 1.21 bits per heavy atom. The molecule has 38 heavy (non-hydrogen) atoms. The van der Waals surface area contributed by atoms with Crippen molar-refractivity contribution < 1.29 is 47.5 Å². The van der Waals surface area contributed by atoms with E-state index in [0.29, 0.717) is 37.6 Å². The van der Waals surface area contributed by atoms with Gasteiger partial charge in [0.25, 0.3) is 0 Å². The summed E-state index contributed by atoms with van der Waals surface area (Å²) in [7, 11) is 0. The average Bonchev–Trinajstić information content (AvgIpc) is 3.86. The zero-order valence-corrected chi connectivity index (χ0v) is 20.8. The molecular formula is C28H30O10. The molecule has 4 heterocycles. The predicted molar refractivity (Wildman–Crippen MR) is 130 cm³/mol. The lowest BCUT2D eigenvalue weighted by molar-refractivity contribution is -0.0287. The molecule has 2 aromatic carbocycles. The second-order valence-electron chi connectivity index (χ2n) is 9.82. The fraction of sp³-hybridized carbons (Fsp3) is 0.500. The summed E-state index contributed by atoms with van der Waals surface area (Å²) in [6.45, 7) is 3.78. The Labute approximate surface area is 220 Å². The third kappa shape index (κ3) is 6.40. The minimum absolute atomic E-state index is 0.167. The molecule has 4 aliphatic rings. The maximum Gasteiger partial charge on any atom is 0.338 e. The van der Waals surface area contributed by atoms with Crippen molar-refractivity contribution in [2.45, 2.75) is 49.8 Å². The topological polar surface area (TPSA) is 115 Å². The molecule has 0 N–H and O–H groups in total.